The highest BCUT2D eigenvalue weighted by Crippen LogP contribution is 2.32. The zero-order valence-corrected chi connectivity index (χ0v) is 17.1. The normalized spacial score (nSPS) is 15.7. The maximum absolute atomic E-state index is 11.7. The van der Waals surface area contributed by atoms with Gasteiger partial charge in [0.1, 0.15) is 6.54 Å². The molecule has 1 saturated carbocycles. The first-order chi connectivity index (χ1) is 10.1. The molecular weight excluding hydrogens is 415 g/mol. The Balaban J connectivity index is 0.00000441. The van der Waals surface area contributed by atoms with Gasteiger partial charge in [0, 0.05) is 33.5 Å². The van der Waals surface area contributed by atoms with Crippen molar-refractivity contribution in [3.05, 3.63) is 0 Å². The van der Waals surface area contributed by atoms with Crippen molar-refractivity contribution in [3.8, 4) is 0 Å². The molecule has 0 bridgehead atoms. The van der Waals surface area contributed by atoms with Gasteiger partial charge in [-0.2, -0.15) is 11.8 Å². The molecule has 8 heteroatoms. The van der Waals surface area contributed by atoms with Gasteiger partial charge in [-0.15, -0.1) is 24.0 Å². The smallest absolute Gasteiger partial charge is 0.243 e. The number of nitrogens with one attached hydrogen (secondary N) is 2. The van der Waals surface area contributed by atoms with E-state index in [0.717, 1.165) is 12.3 Å². The number of likely N-dealkylation sites (N-methyl/N-ethyl adjacent to an activating group) is 1. The molecule has 0 aromatic rings. The van der Waals surface area contributed by atoms with Crippen LogP contribution in [0.5, 0.6) is 0 Å². The summed E-state index contributed by atoms with van der Waals surface area (Å²) in [5.41, 5.74) is 0. The highest BCUT2D eigenvalue weighted by molar-refractivity contribution is 14.0. The second-order valence-electron chi connectivity index (χ2n) is 5.42. The van der Waals surface area contributed by atoms with Crippen molar-refractivity contribution in [3.63, 3.8) is 0 Å². The summed E-state index contributed by atoms with van der Waals surface area (Å²) >= 11 is 1.78. The van der Waals surface area contributed by atoms with Gasteiger partial charge in [0.05, 0.1) is 12.6 Å². The molecule has 0 heterocycles. The van der Waals surface area contributed by atoms with E-state index in [9.17, 15) is 4.79 Å². The van der Waals surface area contributed by atoms with Crippen LogP contribution in [0.4, 0.5) is 0 Å². The first-order valence-electron chi connectivity index (χ1n) is 7.31. The zero-order valence-electron chi connectivity index (χ0n) is 13.9. The minimum Gasteiger partial charge on any atom is -0.383 e. The quantitative estimate of drug-likeness (QED) is 0.241. The van der Waals surface area contributed by atoms with E-state index in [1.54, 1.807) is 37.9 Å². The van der Waals surface area contributed by atoms with Crippen molar-refractivity contribution >= 4 is 47.6 Å². The van der Waals surface area contributed by atoms with E-state index in [2.05, 4.69) is 21.9 Å². The molecular formula is C14H29IN4O2S. The number of rotatable bonds is 9. The lowest BCUT2D eigenvalue weighted by molar-refractivity contribution is -0.127. The molecule has 0 spiro atoms. The fourth-order valence-corrected chi connectivity index (χ4v) is 2.17. The molecule has 0 saturated heterocycles. The summed E-state index contributed by atoms with van der Waals surface area (Å²) in [6.45, 7) is 1.65. The number of amides is 1. The molecule has 1 aliphatic rings. The Kier molecular flexibility index (Phi) is 12.1. The van der Waals surface area contributed by atoms with Gasteiger partial charge in [-0.3, -0.25) is 4.79 Å². The SMILES string of the molecule is COCC(NC(=NCC(=O)N(C)C)NCCSC)C1CC1.I. The topological polar surface area (TPSA) is 66.0 Å². The number of thioether (sulfide) groups is 1. The van der Waals surface area contributed by atoms with E-state index in [-0.39, 0.29) is 42.5 Å². The van der Waals surface area contributed by atoms with Crippen molar-refractivity contribution in [1.29, 1.82) is 0 Å². The fourth-order valence-electron chi connectivity index (χ4n) is 1.86. The van der Waals surface area contributed by atoms with Gasteiger partial charge in [0.15, 0.2) is 5.96 Å². The number of nitrogens with zero attached hydrogens (tertiary/aromatic N) is 2. The third kappa shape index (κ3) is 9.04. The van der Waals surface area contributed by atoms with Crippen LogP contribution >= 0.6 is 35.7 Å². The van der Waals surface area contributed by atoms with E-state index in [4.69, 9.17) is 4.74 Å². The molecule has 1 rings (SSSR count). The minimum absolute atomic E-state index is 0. The van der Waals surface area contributed by atoms with Crippen LogP contribution in [-0.4, -0.2) is 75.7 Å². The number of carbonyl (C=O) groups is 1. The number of aliphatic imine (C=N–C) groups is 1. The van der Waals surface area contributed by atoms with Crippen LogP contribution in [0.2, 0.25) is 0 Å². The molecule has 1 aliphatic carbocycles. The number of hydrogen-bond donors (Lipinski definition) is 2. The predicted octanol–water partition coefficient (Wildman–Crippen LogP) is 1.02. The minimum atomic E-state index is -0.00400. The molecule has 0 aromatic heterocycles. The fraction of sp³-hybridized carbons (Fsp3) is 0.857. The Morgan fingerprint density at radius 2 is 2.14 bits per heavy atom. The van der Waals surface area contributed by atoms with Gasteiger partial charge in [-0.1, -0.05) is 0 Å². The van der Waals surface area contributed by atoms with Crippen molar-refractivity contribution in [1.82, 2.24) is 15.5 Å². The van der Waals surface area contributed by atoms with Crippen LogP contribution in [-0.2, 0) is 9.53 Å². The second-order valence-corrected chi connectivity index (χ2v) is 6.40. The molecule has 0 aromatic carbocycles. The van der Waals surface area contributed by atoms with Crippen LogP contribution < -0.4 is 10.6 Å². The molecule has 1 unspecified atom stereocenters. The van der Waals surface area contributed by atoms with Crippen LogP contribution in [0.3, 0.4) is 0 Å². The van der Waals surface area contributed by atoms with Crippen molar-refractivity contribution in [2.24, 2.45) is 10.9 Å². The lowest BCUT2D eigenvalue weighted by Gasteiger charge is -2.21. The summed E-state index contributed by atoms with van der Waals surface area (Å²) in [4.78, 5) is 17.6. The summed E-state index contributed by atoms with van der Waals surface area (Å²) < 4.78 is 5.27. The average Bonchev–Trinajstić information content (AvgIpc) is 3.28. The molecule has 0 radical (unpaired) electrons. The first-order valence-corrected chi connectivity index (χ1v) is 8.70. The third-order valence-electron chi connectivity index (χ3n) is 3.33. The Morgan fingerprint density at radius 3 is 2.64 bits per heavy atom. The van der Waals surface area contributed by atoms with Crippen molar-refractivity contribution in [2.75, 3.05) is 52.9 Å². The Morgan fingerprint density at radius 1 is 1.45 bits per heavy atom. The molecule has 1 amide bonds. The molecule has 2 N–H and O–H groups in total. The summed E-state index contributed by atoms with van der Waals surface area (Å²) in [5, 5.41) is 6.68. The lowest BCUT2D eigenvalue weighted by Crippen LogP contribution is -2.47. The van der Waals surface area contributed by atoms with Crippen molar-refractivity contribution < 1.29 is 9.53 Å². The Bertz CT molecular complexity index is 352. The van der Waals surface area contributed by atoms with E-state index in [1.165, 1.54) is 12.8 Å². The molecule has 1 atom stereocenters. The monoisotopic (exact) mass is 444 g/mol. The average molecular weight is 444 g/mol. The highest BCUT2D eigenvalue weighted by Gasteiger charge is 2.31. The molecule has 6 nitrogen and oxygen atoms in total. The maximum atomic E-state index is 11.7. The third-order valence-corrected chi connectivity index (χ3v) is 3.94. The van der Waals surface area contributed by atoms with E-state index >= 15 is 0 Å². The zero-order chi connectivity index (χ0) is 15.7. The van der Waals surface area contributed by atoms with Gasteiger partial charge in [0.2, 0.25) is 5.91 Å². The van der Waals surface area contributed by atoms with Crippen LogP contribution in [0.15, 0.2) is 4.99 Å². The van der Waals surface area contributed by atoms with Crippen LogP contribution in [0, 0.1) is 5.92 Å². The molecule has 130 valence electrons. The number of halogens is 1. The number of methoxy groups -OCH3 is 1. The van der Waals surface area contributed by atoms with E-state index < -0.39 is 0 Å². The van der Waals surface area contributed by atoms with Gasteiger partial charge < -0.3 is 20.3 Å². The van der Waals surface area contributed by atoms with Crippen molar-refractivity contribution in [2.45, 2.75) is 18.9 Å². The van der Waals surface area contributed by atoms with E-state index in [1.807, 2.05) is 0 Å². The largest absolute Gasteiger partial charge is 0.383 e. The molecule has 1 fully saturated rings. The number of carbonyl (C=O) groups excluding carboxylic acids is 1. The Hall–Kier alpha value is -0.220. The summed E-state index contributed by atoms with van der Waals surface area (Å²) in [6, 6.07) is 0.269. The van der Waals surface area contributed by atoms with E-state index in [0.29, 0.717) is 18.5 Å². The van der Waals surface area contributed by atoms with Gasteiger partial charge in [-0.25, -0.2) is 4.99 Å². The summed E-state index contributed by atoms with van der Waals surface area (Å²) in [5.74, 6) is 2.35. The van der Waals surface area contributed by atoms with Gasteiger partial charge >= 0.3 is 0 Å². The lowest BCUT2D eigenvalue weighted by atomic mass is 10.2. The second kappa shape index (κ2) is 12.2. The number of guanidine groups is 1. The Labute approximate surface area is 155 Å². The predicted molar refractivity (Wildman–Crippen MR) is 104 cm³/mol. The number of ether oxygens (including phenoxy) is 1. The van der Waals surface area contributed by atoms with Gasteiger partial charge in [0.25, 0.3) is 0 Å². The summed E-state index contributed by atoms with van der Waals surface area (Å²) in [6.07, 6.45) is 4.53. The van der Waals surface area contributed by atoms with Gasteiger partial charge in [-0.05, 0) is 25.0 Å². The van der Waals surface area contributed by atoms with Crippen LogP contribution in [0.1, 0.15) is 12.8 Å². The maximum Gasteiger partial charge on any atom is 0.243 e. The summed E-state index contributed by atoms with van der Waals surface area (Å²) in [7, 11) is 5.19. The van der Waals surface area contributed by atoms with Crippen LogP contribution in [0.25, 0.3) is 0 Å². The molecule has 22 heavy (non-hydrogen) atoms. The number of hydrogen-bond acceptors (Lipinski definition) is 4. The standard InChI is InChI=1S/C14H28N4O2S.HI/c1-18(2)13(19)9-16-14(15-7-8-21-4)17-12(10-20-3)11-5-6-11;/h11-12H,5-10H2,1-4H3,(H2,15,16,17);1H. The molecule has 0 aliphatic heterocycles. The first kappa shape index (κ1) is 21.8. The highest BCUT2D eigenvalue weighted by atomic mass is 127.